The molecule has 2 heterocycles. The molecule has 0 spiro atoms. The van der Waals surface area contributed by atoms with Crippen LogP contribution in [0.15, 0.2) is 65.6 Å². The van der Waals surface area contributed by atoms with Gasteiger partial charge in [0.05, 0.1) is 25.9 Å². The number of carbonyl (C=O) groups excluding carboxylic acids is 2. The van der Waals surface area contributed by atoms with Crippen LogP contribution in [-0.4, -0.2) is 76.0 Å². The van der Waals surface area contributed by atoms with Gasteiger partial charge >= 0.3 is 0 Å². The summed E-state index contributed by atoms with van der Waals surface area (Å²) in [5.74, 6) is -0.989. The highest BCUT2D eigenvalue weighted by molar-refractivity contribution is 7.93. The summed E-state index contributed by atoms with van der Waals surface area (Å²) in [5, 5.41) is 11.4. The molecule has 0 radical (unpaired) electrons. The molecule has 41 heavy (non-hydrogen) atoms. The summed E-state index contributed by atoms with van der Waals surface area (Å²) >= 11 is 6.47. The third kappa shape index (κ3) is 4.30. The Morgan fingerprint density at radius 2 is 1.78 bits per heavy atom. The molecule has 0 aliphatic carbocycles. The SMILES string of the molecule is COc1ccc(S(=O)(=O)N2C(=O)C(c3ccccc3O)(N3CCCC3C(=O)N(C)C)c3cc(Cl)ccc32)c(OC)c1. The number of halogens is 1. The number of aromatic hydroxyl groups is 1. The highest BCUT2D eigenvalue weighted by atomic mass is 35.5. The van der Waals surface area contributed by atoms with Crippen LogP contribution in [0.5, 0.6) is 17.2 Å². The van der Waals surface area contributed by atoms with Gasteiger partial charge in [-0.15, -0.1) is 0 Å². The minimum atomic E-state index is -4.60. The number of anilines is 1. The van der Waals surface area contributed by atoms with E-state index in [1.165, 1.54) is 61.6 Å². The quantitative estimate of drug-likeness (QED) is 0.438. The molecule has 1 N–H and O–H groups in total. The van der Waals surface area contributed by atoms with Crippen LogP contribution < -0.4 is 13.8 Å². The number of sulfonamides is 1. The molecular weight excluding hydrogens is 570 g/mol. The van der Waals surface area contributed by atoms with Gasteiger partial charge in [0.1, 0.15) is 22.1 Å². The van der Waals surface area contributed by atoms with Crippen LogP contribution in [0.2, 0.25) is 5.02 Å². The second-order valence-electron chi connectivity index (χ2n) is 10.1. The second-order valence-corrected chi connectivity index (χ2v) is 12.3. The van der Waals surface area contributed by atoms with E-state index in [4.69, 9.17) is 21.1 Å². The van der Waals surface area contributed by atoms with E-state index in [0.717, 1.165) is 4.31 Å². The van der Waals surface area contributed by atoms with Crippen LogP contribution >= 0.6 is 11.6 Å². The largest absolute Gasteiger partial charge is 0.508 e. The van der Waals surface area contributed by atoms with Crippen LogP contribution in [0.4, 0.5) is 5.69 Å². The molecule has 0 aromatic heterocycles. The van der Waals surface area contributed by atoms with Gasteiger partial charge < -0.3 is 19.5 Å². The van der Waals surface area contributed by atoms with Crippen molar-refractivity contribution >= 4 is 39.1 Å². The van der Waals surface area contributed by atoms with Crippen molar-refractivity contribution in [3.63, 3.8) is 0 Å². The Balaban J connectivity index is 1.83. The van der Waals surface area contributed by atoms with Crippen LogP contribution in [0, 0.1) is 0 Å². The van der Waals surface area contributed by atoms with Crippen molar-refractivity contribution in [3.05, 3.63) is 76.8 Å². The van der Waals surface area contributed by atoms with Crippen molar-refractivity contribution in [1.29, 1.82) is 0 Å². The number of hydrogen-bond acceptors (Lipinski definition) is 8. The first kappa shape index (κ1) is 28.7. The number of carbonyl (C=O) groups is 2. The van der Waals surface area contributed by atoms with Gasteiger partial charge in [-0.2, -0.15) is 0 Å². The van der Waals surface area contributed by atoms with E-state index in [0.29, 0.717) is 18.6 Å². The fourth-order valence-electron chi connectivity index (χ4n) is 5.87. The summed E-state index contributed by atoms with van der Waals surface area (Å²) < 4.78 is 40.2. The van der Waals surface area contributed by atoms with Crippen LogP contribution in [-0.2, 0) is 25.2 Å². The number of likely N-dealkylation sites (N-methyl/N-ethyl adjacent to an activating group) is 1. The number of phenolic OH excluding ortho intramolecular Hbond substituents is 1. The summed E-state index contributed by atoms with van der Waals surface area (Å²) in [4.78, 5) is 31.3. The number of hydrogen-bond donors (Lipinski definition) is 1. The molecule has 10 nitrogen and oxygen atoms in total. The lowest BCUT2D eigenvalue weighted by atomic mass is 9.81. The summed E-state index contributed by atoms with van der Waals surface area (Å²) in [6.07, 6.45) is 1.01. The topological polar surface area (TPSA) is 117 Å². The van der Waals surface area contributed by atoms with Crippen molar-refractivity contribution < 1.29 is 32.6 Å². The van der Waals surface area contributed by atoms with Crippen molar-refractivity contribution in [1.82, 2.24) is 9.80 Å². The molecule has 2 atom stereocenters. The molecule has 216 valence electrons. The molecule has 2 aliphatic heterocycles. The maximum Gasteiger partial charge on any atom is 0.274 e. The first-order valence-corrected chi connectivity index (χ1v) is 14.7. The molecule has 2 amide bonds. The third-order valence-electron chi connectivity index (χ3n) is 7.65. The highest BCUT2D eigenvalue weighted by Gasteiger charge is 2.63. The predicted octanol–water partition coefficient (Wildman–Crippen LogP) is 3.59. The number of methoxy groups -OCH3 is 2. The molecule has 0 saturated carbocycles. The molecular formula is C29H30ClN3O7S. The standard InChI is InChI=1S/C29H30ClN3O7S/c1-31(2)27(35)23-9-7-15-32(23)29(20-8-5-6-10-24(20)34)21-16-18(30)11-13-22(21)33(28(29)36)41(37,38)26-14-12-19(39-3)17-25(26)40-4/h5-6,8,10-14,16-17,23,34H,7,9,15H2,1-4H3. The number of benzene rings is 3. The maximum absolute atomic E-state index is 15.0. The Kier molecular flexibility index (Phi) is 7.39. The Morgan fingerprint density at radius 1 is 1.05 bits per heavy atom. The average Bonchev–Trinajstić information content (AvgIpc) is 3.53. The summed E-state index contributed by atoms with van der Waals surface area (Å²) in [6, 6.07) is 14.2. The van der Waals surface area contributed by atoms with E-state index < -0.39 is 27.5 Å². The van der Waals surface area contributed by atoms with Crippen LogP contribution in [0.1, 0.15) is 24.0 Å². The van der Waals surface area contributed by atoms with Crippen LogP contribution in [0.25, 0.3) is 0 Å². The van der Waals surface area contributed by atoms with E-state index in [1.54, 1.807) is 37.2 Å². The van der Waals surface area contributed by atoms with E-state index in [2.05, 4.69) is 0 Å². The molecule has 2 aliphatic rings. The second kappa shape index (κ2) is 10.6. The Hall–Kier alpha value is -3.80. The lowest BCUT2D eigenvalue weighted by Gasteiger charge is -2.41. The van der Waals surface area contributed by atoms with Gasteiger partial charge in [-0.05, 0) is 49.2 Å². The predicted molar refractivity (Wildman–Crippen MR) is 153 cm³/mol. The number of nitrogens with zero attached hydrogens (tertiary/aromatic N) is 3. The van der Waals surface area contributed by atoms with Gasteiger partial charge in [-0.25, -0.2) is 12.7 Å². The minimum absolute atomic E-state index is 0.0189. The summed E-state index contributed by atoms with van der Waals surface area (Å²) in [7, 11) is 1.41. The van der Waals surface area contributed by atoms with Crippen molar-refractivity contribution in [3.8, 4) is 17.2 Å². The molecule has 3 aromatic rings. The van der Waals surface area contributed by atoms with E-state index in [9.17, 15) is 23.1 Å². The summed E-state index contributed by atoms with van der Waals surface area (Å²) in [6.45, 7) is 0.288. The Labute approximate surface area is 243 Å². The van der Waals surface area contributed by atoms with Gasteiger partial charge in [0.15, 0.2) is 5.54 Å². The third-order valence-corrected chi connectivity index (χ3v) is 9.62. The van der Waals surface area contributed by atoms with E-state index >= 15 is 0 Å². The fourth-order valence-corrected chi connectivity index (χ4v) is 7.64. The molecule has 5 rings (SSSR count). The van der Waals surface area contributed by atoms with Gasteiger partial charge in [0.2, 0.25) is 5.91 Å². The minimum Gasteiger partial charge on any atom is -0.508 e. The number of para-hydroxylation sites is 1. The Bertz CT molecular complexity index is 1650. The van der Waals surface area contributed by atoms with Crippen molar-refractivity contribution in [2.75, 3.05) is 39.2 Å². The molecule has 3 aromatic carbocycles. The molecule has 12 heteroatoms. The number of likely N-dealkylation sites (tertiary alicyclic amines) is 1. The van der Waals surface area contributed by atoms with Gasteiger partial charge in [-0.1, -0.05) is 29.8 Å². The number of ether oxygens (including phenoxy) is 2. The van der Waals surface area contributed by atoms with Crippen molar-refractivity contribution in [2.45, 2.75) is 29.3 Å². The number of fused-ring (bicyclic) bond motifs is 1. The first-order chi connectivity index (χ1) is 19.5. The first-order valence-electron chi connectivity index (χ1n) is 12.9. The fraction of sp³-hybridized carbons (Fsp3) is 0.310. The van der Waals surface area contributed by atoms with Gasteiger partial charge in [0, 0.05) is 42.9 Å². The zero-order chi connectivity index (χ0) is 29.7. The maximum atomic E-state index is 15.0. The average molecular weight is 600 g/mol. The van der Waals surface area contributed by atoms with Crippen molar-refractivity contribution in [2.24, 2.45) is 0 Å². The highest BCUT2D eigenvalue weighted by Crippen LogP contribution is 2.55. The lowest BCUT2D eigenvalue weighted by molar-refractivity contribution is -0.138. The monoisotopic (exact) mass is 599 g/mol. The molecule has 1 saturated heterocycles. The van der Waals surface area contributed by atoms with E-state index in [1.807, 2.05) is 0 Å². The van der Waals surface area contributed by atoms with Crippen LogP contribution in [0.3, 0.4) is 0 Å². The van der Waals surface area contributed by atoms with Gasteiger partial charge in [-0.3, -0.25) is 14.5 Å². The van der Waals surface area contributed by atoms with E-state index in [-0.39, 0.29) is 50.7 Å². The van der Waals surface area contributed by atoms with Gasteiger partial charge in [0.25, 0.3) is 15.9 Å². The normalized spacial score (nSPS) is 20.7. The number of amides is 2. The zero-order valence-electron chi connectivity index (χ0n) is 23.0. The Morgan fingerprint density at radius 3 is 2.44 bits per heavy atom. The zero-order valence-corrected chi connectivity index (χ0v) is 24.6. The molecule has 2 unspecified atom stereocenters. The molecule has 1 fully saturated rings. The smallest absolute Gasteiger partial charge is 0.274 e. The summed E-state index contributed by atoms with van der Waals surface area (Å²) in [5.41, 5.74) is -1.44. The number of phenols is 1. The lowest BCUT2D eigenvalue weighted by Crippen LogP contribution is -2.59. The number of rotatable bonds is 7. The molecule has 0 bridgehead atoms.